The topological polar surface area (TPSA) is 132 Å². The molecule has 3 fully saturated rings. The minimum absolute atomic E-state index is 0.115. The summed E-state index contributed by atoms with van der Waals surface area (Å²) in [6.07, 6.45) is -3.11. The van der Waals surface area contributed by atoms with Crippen molar-refractivity contribution in [1.29, 1.82) is 0 Å². The number of carbonyl (C=O) groups is 5. The van der Waals surface area contributed by atoms with Gasteiger partial charge in [-0.05, 0) is 31.8 Å². The average molecular weight is 537 g/mol. The first-order chi connectivity index (χ1) is 17.5. The minimum atomic E-state index is -1.51. The number of rotatable bonds is 5. The van der Waals surface area contributed by atoms with Crippen LogP contribution >= 0.6 is 0 Å². The zero-order valence-corrected chi connectivity index (χ0v) is 23.5. The van der Waals surface area contributed by atoms with Crippen LogP contribution in [0.4, 0.5) is 0 Å². The molecule has 9 atom stereocenters. The van der Waals surface area contributed by atoms with Crippen LogP contribution in [-0.4, -0.2) is 65.3 Å². The third-order valence-electron chi connectivity index (χ3n) is 8.23. The molecule has 0 N–H and O–H groups in total. The fraction of sp³-hybridized carbons (Fsp3) is 0.750. The van der Waals surface area contributed by atoms with Crippen molar-refractivity contribution >= 4 is 29.7 Å². The molecule has 0 amide bonds. The van der Waals surface area contributed by atoms with Gasteiger partial charge in [-0.3, -0.25) is 24.0 Å². The molecule has 2 bridgehead atoms. The van der Waals surface area contributed by atoms with Gasteiger partial charge in [-0.2, -0.15) is 0 Å². The summed E-state index contributed by atoms with van der Waals surface area (Å²) >= 11 is 0. The van der Waals surface area contributed by atoms with Crippen LogP contribution < -0.4 is 0 Å². The Kier molecular flexibility index (Phi) is 8.46. The van der Waals surface area contributed by atoms with Gasteiger partial charge in [-0.1, -0.05) is 20.4 Å². The quantitative estimate of drug-likeness (QED) is 0.293. The van der Waals surface area contributed by atoms with Crippen LogP contribution in [0.25, 0.3) is 0 Å². The Labute approximate surface area is 223 Å². The third-order valence-corrected chi connectivity index (χ3v) is 8.23. The number of hydrogen-bond donors (Lipinski definition) is 0. The summed E-state index contributed by atoms with van der Waals surface area (Å²) in [7, 11) is 0. The third kappa shape index (κ3) is 5.51. The second-order valence-corrected chi connectivity index (χ2v) is 11.5. The summed E-state index contributed by atoms with van der Waals surface area (Å²) in [5.41, 5.74) is -2.38. The SMILES string of the molecule is C=C1C[C@@H]2O[C@@H]([C@@H]3[C@@H](C(C)C)[C@H](OC(C)=O)[C@H](OC(C)=O)[C@@](C)(OC(C)=O)[C@@H]32)[C@](C)(OC(C)=O)CCC1=O. The normalized spacial score (nSPS) is 38.8. The van der Waals surface area contributed by atoms with E-state index in [1.54, 1.807) is 13.8 Å². The molecule has 0 radical (unpaired) electrons. The largest absolute Gasteiger partial charge is 0.458 e. The monoisotopic (exact) mass is 536 g/mol. The molecule has 0 aromatic heterocycles. The lowest BCUT2D eigenvalue weighted by Gasteiger charge is -2.56. The lowest BCUT2D eigenvalue weighted by Crippen LogP contribution is -2.69. The number of hydrogen-bond acceptors (Lipinski definition) is 10. The molecule has 212 valence electrons. The van der Waals surface area contributed by atoms with Crippen LogP contribution in [0, 0.1) is 23.7 Å². The van der Waals surface area contributed by atoms with E-state index in [2.05, 4.69) is 6.58 Å². The van der Waals surface area contributed by atoms with Crippen molar-refractivity contribution in [3.8, 4) is 0 Å². The first kappa shape index (κ1) is 29.8. The number of carbonyl (C=O) groups excluding carboxylic acids is 5. The molecular weight excluding hydrogens is 496 g/mol. The molecule has 10 nitrogen and oxygen atoms in total. The summed E-state index contributed by atoms with van der Waals surface area (Å²) in [6.45, 7) is 16.3. The first-order valence-corrected chi connectivity index (χ1v) is 13.1. The Bertz CT molecular complexity index is 1020. The number of esters is 4. The van der Waals surface area contributed by atoms with Gasteiger partial charge >= 0.3 is 23.9 Å². The number of Topliss-reactive ketones (excluding diaryl/α,β-unsaturated/α-hetero) is 1. The van der Waals surface area contributed by atoms with Crippen LogP contribution in [0.15, 0.2) is 12.2 Å². The Hall–Kier alpha value is -2.75. The zero-order chi connectivity index (χ0) is 28.7. The van der Waals surface area contributed by atoms with Gasteiger partial charge < -0.3 is 23.7 Å². The Morgan fingerprint density at radius 3 is 2.03 bits per heavy atom. The van der Waals surface area contributed by atoms with E-state index in [1.165, 1.54) is 27.7 Å². The van der Waals surface area contributed by atoms with E-state index in [1.807, 2.05) is 13.8 Å². The maximum absolute atomic E-state index is 12.9. The predicted octanol–water partition coefficient (Wildman–Crippen LogP) is 3.09. The van der Waals surface area contributed by atoms with Crippen molar-refractivity contribution in [2.45, 2.75) is 110 Å². The first-order valence-electron chi connectivity index (χ1n) is 13.1. The van der Waals surface area contributed by atoms with Crippen LogP contribution in [0.5, 0.6) is 0 Å². The molecule has 1 saturated carbocycles. The van der Waals surface area contributed by atoms with Crippen molar-refractivity contribution in [3.05, 3.63) is 12.2 Å². The molecule has 0 spiro atoms. The highest BCUT2D eigenvalue weighted by Gasteiger charge is 2.71. The van der Waals surface area contributed by atoms with Crippen molar-refractivity contribution in [2.24, 2.45) is 23.7 Å². The van der Waals surface area contributed by atoms with Crippen LogP contribution in [-0.2, 0) is 47.7 Å². The van der Waals surface area contributed by atoms with E-state index in [0.717, 1.165) is 0 Å². The van der Waals surface area contributed by atoms with E-state index in [-0.39, 0.29) is 31.0 Å². The summed E-state index contributed by atoms with van der Waals surface area (Å²) in [4.78, 5) is 62.4. The molecular formula is C28H40O10. The number of ketones is 1. The lowest BCUT2D eigenvalue weighted by atomic mass is 9.55. The van der Waals surface area contributed by atoms with Gasteiger partial charge in [0.15, 0.2) is 17.5 Å². The fourth-order valence-corrected chi connectivity index (χ4v) is 7.08. The van der Waals surface area contributed by atoms with Crippen LogP contribution in [0.1, 0.15) is 74.7 Å². The Morgan fingerprint density at radius 2 is 1.53 bits per heavy atom. The molecule has 0 unspecified atom stereocenters. The Balaban J connectivity index is 2.34. The molecule has 38 heavy (non-hydrogen) atoms. The van der Waals surface area contributed by atoms with Gasteiger partial charge in [0.2, 0.25) is 0 Å². The van der Waals surface area contributed by atoms with Crippen LogP contribution in [0.2, 0.25) is 0 Å². The molecule has 3 aliphatic rings. The molecule has 1 aliphatic carbocycles. The van der Waals surface area contributed by atoms with Crippen molar-refractivity contribution in [2.75, 3.05) is 0 Å². The molecule has 2 heterocycles. The second kappa shape index (κ2) is 10.8. The smallest absolute Gasteiger partial charge is 0.303 e. The molecule has 0 aromatic carbocycles. The van der Waals surface area contributed by atoms with Crippen molar-refractivity contribution in [3.63, 3.8) is 0 Å². The highest BCUT2D eigenvalue weighted by molar-refractivity contribution is 5.94. The lowest BCUT2D eigenvalue weighted by molar-refractivity contribution is -0.249. The van der Waals surface area contributed by atoms with Gasteiger partial charge in [-0.15, -0.1) is 0 Å². The average Bonchev–Trinajstić information content (AvgIpc) is 3.14. The van der Waals surface area contributed by atoms with Gasteiger partial charge in [0.25, 0.3) is 0 Å². The van der Waals surface area contributed by atoms with E-state index in [9.17, 15) is 24.0 Å². The highest BCUT2D eigenvalue weighted by Crippen LogP contribution is 2.59. The molecule has 0 aromatic rings. The molecule has 3 rings (SSSR count). The van der Waals surface area contributed by atoms with Gasteiger partial charge in [0, 0.05) is 58.3 Å². The molecule has 2 aliphatic heterocycles. The summed E-state index contributed by atoms with van der Waals surface area (Å²) in [5, 5.41) is 0. The van der Waals surface area contributed by atoms with Gasteiger partial charge in [0.05, 0.1) is 6.10 Å². The summed E-state index contributed by atoms with van der Waals surface area (Å²) in [6, 6.07) is 0. The standard InChI is InChI=1S/C28H40O10/c1-13(2)21-22-23(28(9,38-18(7)32)26(35-16(5)30)24(21)34-15(4)29)20-12-14(3)19(33)10-11-27(8,25(22)36-20)37-17(6)31/h13,20-26H,3,10-12H2,1-2,4-9H3/t20-,21+,22+,23+,24-,25-,26-,27+,28-/m0/s1. The Morgan fingerprint density at radius 1 is 0.947 bits per heavy atom. The number of fused-ring (bicyclic) bond motifs is 5. The second-order valence-electron chi connectivity index (χ2n) is 11.5. The van der Waals surface area contributed by atoms with E-state index in [4.69, 9.17) is 23.7 Å². The highest BCUT2D eigenvalue weighted by atomic mass is 16.6. The van der Waals surface area contributed by atoms with Crippen molar-refractivity contribution in [1.82, 2.24) is 0 Å². The van der Waals surface area contributed by atoms with Gasteiger partial charge in [0.1, 0.15) is 17.8 Å². The van der Waals surface area contributed by atoms with Crippen molar-refractivity contribution < 1.29 is 47.7 Å². The number of ether oxygens (including phenoxy) is 5. The fourth-order valence-electron chi connectivity index (χ4n) is 7.08. The minimum Gasteiger partial charge on any atom is -0.458 e. The maximum Gasteiger partial charge on any atom is 0.303 e. The molecule has 2 saturated heterocycles. The van der Waals surface area contributed by atoms with E-state index in [0.29, 0.717) is 5.57 Å². The van der Waals surface area contributed by atoms with Gasteiger partial charge in [-0.25, -0.2) is 0 Å². The molecule has 10 heteroatoms. The predicted molar refractivity (Wildman–Crippen MR) is 133 cm³/mol. The zero-order valence-electron chi connectivity index (χ0n) is 23.5. The van der Waals surface area contributed by atoms with E-state index >= 15 is 0 Å². The summed E-state index contributed by atoms with van der Waals surface area (Å²) in [5.74, 6) is -4.19. The maximum atomic E-state index is 12.9. The van der Waals surface area contributed by atoms with E-state index < -0.39 is 77.2 Å². The van der Waals surface area contributed by atoms with Crippen LogP contribution in [0.3, 0.4) is 0 Å². The summed E-state index contributed by atoms with van der Waals surface area (Å²) < 4.78 is 30.1.